The standard InChI is InChI=1S/C34H31F3N8/c35-34(36,37)26-12-10-24(11-13-26)21-45-22-39-29-31(40-27-15-18-44(19-16-27)20-23-6-2-1-3-7-23)42-33(43-32(29)45)41-30-28-9-5-4-8-25(28)14-17-38-30/h1-14,17,22,27H,15-16,18-21H2,(H2,38,40,41,42,43). The van der Waals surface area contributed by atoms with E-state index >= 15 is 0 Å². The molecule has 0 saturated carbocycles. The Morgan fingerprint density at radius 3 is 2.27 bits per heavy atom. The molecule has 1 aliphatic rings. The zero-order valence-corrected chi connectivity index (χ0v) is 24.4. The first kappa shape index (κ1) is 28.7. The number of nitrogens with zero attached hydrogens (tertiary/aromatic N) is 6. The van der Waals surface area contributed by atoms with E-state index in [1.54, 1.807) is 12.5 Å². The second kappa shape index (κ2) is 12.2. The van der Waals surface area contributed by atoms with Crippen LogP contribution in [0, 0.1) is 0 Å². The molecule has 228 valence electrons. The summed E-state index contributed by atoms with van der Waals surface area (Å²) in [5.74, 6) is 1.58. The molecule has 2 N–H and O–H groups in total. The third-order valence-electron chi connectivity index (χ3n) is 8.18. The summed E-state index contributed by atoms with van der Waals surface area (Å²) in [6, 6.07) is 25.7. The predicted molar refractivity (Wildman–Crippen MR) is 169 cm³/mol. The molecule has 45 heavy (non-hydrogen) atoms. The highest BCUT2D eigenvalue weighted by atomic mass is 19.4. The van der Waals surface area contributed by atoms with Crippen molar-refractivity contribution in [3.05, 3.63) is 114 Å². The van der Waals surface area contributed by atoms with E-state index in [4.69, 9.17) is 9.97 Å². The lowest BCUT2D eigenvalue weighted by Gasteiger charge is -2.32. The monoisotopic (exact) mass is 608 g/mol. The zero-order valence-electron chi connectivity index (χ0n) is 24.4. The third-order valence-corrected chi connectivity index (χ3v) is 8.18. The summed E-state index contributed by atoms with van der Waals surface area (Å²) in [6.45, 7) is 3.13. The van der Waals surface area contributed by atoms with E-state index in [2.05, 4.69) is 49.8 Å². The molecule has 3 aromatic heterocycles. The zero-order chi connectivity index (χ0) is 30.8. The van der Waals surface area contributed by atoms with Gasteiger partial charge in [-0.3, -0.25) is 4.90 Å². The number of nitrogens with one attached hydrogen (secondary N) is 2. The van der Waals surface area contributed by atoms with Crippen molar-refractivity contribution in [1.82, 2.24) is 29.4 Å². The van der Waals surface area contributed by atoms with Gasteiger partial charge in [0.2, 0.25) is 5.95 Å². The summed E-state index contributed by atoms with van der Waals surface area (Å²) in [5, 5.41) is 8.91. The van der Waals surface area contributed by atoms with Gasteiger partial charge in [0.1, 0.15) is 5.82 Å². The van der Waals surface area contributed by atoms with Crippen LogP contribution in [0.25, 0.3) is 21.9 Å². The number of imidazole rings is 1. The van der Waals surface area contributed by atoms with E-state index in [0.29, 0.717) is 40.9 Å². The van der Waals surface area contributed by atoms with Crippen molar-refractivity contribution in [2.24, 2.45) is 0 Å². The van der Waals surface area contributed by atoms with Crippen LogP contribution in [0.1, 0.15) is 29.5 Å². The molecule has 0 atom stereocenters. The second-order valence-corrected chi connectivity index (χ2v) is 11.3. The van der Waals surface area contributed by atoms with Crippen LogP contribution in [0.4, 0.5) is 30.8 Å². The summed E-state index contributed by atoms with van der Waals surface area (Å²) in [7, 11) is 0. The van der Waals surface area contributed by atoms with E-state index in [0.717, 1.165) is 55.4 Å². The first-order chi connectivity index (χ1) is 21.9. The van der Waals surface area contributed by atoms with Crippen LogP contribution >= 0.6 is 0 Å². The van der Waals surface area contributed by atoms with E-state index in [1.165, 1.54) is 17.7 Å². The molecule has 0 spiro atoms. The molecule has 4 heterocycles. The maximum Gasteiger partial charge on any atom is 0.416 e. The van der Waals surface area contributed by atoms with Crippen LogP contribution in [-0.2, 0) is 19.3 Å². The minimum absolute atomic E-state index is 0.193. The van der Waals surface area contributed by atoms with Gasteiger partial charge in [-0.25, -0.2) is 9.97 Å². The van der Waals surface area contributed by atoms with E-state index < -0.39 is 11.7 Å². The number of anilines is 3. The number of alkyl halides is 3. The van der Waals surface area contributed by atoms with Gasteiger partial charge in [0.05, 0.1) is 18.4 Å². The molecular formula is C34H31F3N8. The number of piperidine rings is 1. The molecule has 6 aromatic rings. The van der Waals surface area contributed by atoms with E-state index in [1.807, 2.05) is 41.0 Å². The number of hydrogen-bond acceptors (Lipinski definition) is 7. The summed E-state index contributed by atoms with van der Waals surface area (Å²) < 4.78 is 41.2. The van der Waals surface area contributed by atoms with Gasteiger partial charge < -0.3 is 15.2 Å². The number of pyridine rings is 1. The molecule has 0 radical (unpaired) electrons. The fraction of sp³-hybridized carbons (Fsp3) is 0.235. The smallest absolute Gasteiger partial charge is 0.365 e. The molecule has 1 fully saturated rings. The van der Waals surface area contributed by atoms with Gasteiger partial charge in [-0.2, -0.15) is 23.1 Å². The Morgan fingerprint density at radius 1 is 0.756 bits per heavy atom. The maximum atomic E-state index is 13.1. The number of aromatic nitrogens is 5. The number of fused-ring (bicyclic) bond motifs is 2. The largest absolute Gasteiger partial charge is 0.416 e. The summed E-state index contributed by atoms with van der Waals surface area (Å²) in [6.07, 6.45) is 0.892. The quantitative estimate of drug-likeness (QED) is 0.188. The van der Waals surface area contributed by atoms with Gasteiger partial charge in [-0.05, 0) is 47.6 Å². The van der Waals surface area contributed by atoms with Crippen molar-refractivity contribution in [2.75, 3.05) is 23.7 Å². The van der Waals surface area contributed by atoms with E-state index in [9.17, 15) is 13.2 Å². The number of halogens is 3. The molecule has 0 bridgehead atoms. The Balaban J connectivity index is 1.17. The molecule has 7 rings (SSSR count). The highest BCUT2D eigenvalue weighted by Crippen LogP contribution is 2.30. The average Bonchev–Trinajstić information content (AvgIpc) is 3.45. The highest BCUT2D eigenvalue weighted by molar-refractivity contribution is 5.93. The first-order valence-electron chi connectivity index (χ1n) is 14.9. The van der Waals surface area contributed by atoms with Crippen LogP contribution in [0.2, 0.25) is 0 Å². The first-order valence-corrected chi connectivity index (χ1v) is 14.9. The topological polar surface area (TPSA) is 83.8 Å². The fourth-order valence-corrected chi connectivity index (χ4v) is 5.81. The van der Waals surface area contributed by atoms with Gasteiger partial charge in [-0.15, -0.1) is 0 Å². The van der Waals surface area contributed by atoms with Crippen LogP contribution in [-0.4, -0.2) is 48.5 Å². The number of likely N-dealkylation sites (tertiary alicyclic amines) is 1. The lowest BCUT2D eigenvalue weighted by molar-refractivity contribution is -0.137. The average molecular weight is 609 g/mol. The maximum absolute atomic E-state index is 13.1. The Bertz CT molecular complexity index is 1910. The van der Waals surface area contributed by atoms with Gasteiger partial charge in [-0.1, -0.05) is 66.7 Å². The minimum Gasteiger partial charge on any atom is -0.365 e. The molecule has 0 amide bonds. The molecule has 1 saturated heterocycles. The summed E-state index contributed by atoms with van der Waals surface area (Å²) >= 11 is 0. The van der Waals surface area contributed by atoms with Crippen molar-refractivity contribution in [1.29, 1.82) is 0 Å². The van der Waals surface area contributed by atoms with Crippen molar-refractivity contribution in [3.8, 4) is 0 Å². The third kappa shape index (κ3) is 6.44. The van der Waals surface area contributed by atoms with Gasteiger partial charge in [0.25, 0.3) is 0 Å². The number of hydrogen-bond donors (Lipinski definition) is 2. The van der Waals surface area contributed by atoms with Crippen LogP contribution in [0.15, 0.2) is 97.5 Å². The normalized spacial score (nSPS) is 14.6. The molecule has 11 heteroatoms. The van der Waals surface area contributed by atoms with Crippen molar-refractivity contribution >= 4 is 39.5 Å². The summed E-state index contributed by atoms with van der Waals surface area (Å²) in [4.78, 5) is 21.3. The summed E-state index contributed by atoms with van der Waals surface area (Å²) in [5.41, 5.74) is 2.49. The molecule has 3 aromatic carbocycles. The SMILES string of the molecule is FC(F)(F)c1ccc(Cn2cnc3c(NC4CCN(Cc5ccccc5)CC4)nc(Nc4nccc5ccccc45)nc32)cc1. The van der Waals surface area contributed by atoms with Gasteiger partial charge in [0.15, 0.2) is 17.0 Å². The Hall–Kier alpha value is -5.03. The molecule has 0 unspecified atom stereocenters. The van der Waals surface area contributed by atoms with Gasteiger partial charge in [0, 0.05) is 37.3 Å². The Labute approximate surface area is 258 Å². The van der Waals surface area contributed by atoms with Crippen molar-refractivity contribution in [3.63, 3.8) is 0 Å². The van der Waals surface area contributed by atoms with Crippen molar-refractivity contribution < 1.29 is 13.2 Å². The lowest BCUT2D eigenvalue weighted by Crippen LogP contribution is -2.38. The molecule has 1 aliphatic heterocycles. The van der Waals surface area contributed by atoms with Gasteiger partial charge >= 0.3 is 6.18 Å². The lowest BCUT2D eigenvalue weighted by atomic mass is 10.0. The second-order valence-electron chi connectivity index (χ2n) is 11.3. The van der Waals surface area contributed by atoms with E-state index in [-0.39, 0.29) is 6.04 Å². The molecule has 8 nitrogen and oxygen atoms in total. The molecular weight excluding hydrogens is 577 g/mol. The van der Waals surface area contributed by atoms with Crippen molar-refractivity contribution in [2.45, 2.75) is 38.1 Å². The van der Waals surface area contributed by atoms with Crippen LogP contribution in [0.5, 0.6) is 0 Å². The number of rotatable bonds is 8. The Morgan fingerprint density at radius 2 is 1.49 bits per heavy atom. The Kier molecular flexibility index (Phi) is 7.76. The highest BCUT2D eigenvalue weighted by Gasteiger charge is 2.30. The van der Waals surface area contributed by atoms with Crippen LogP contribution < -0.4 is 10.6 Å². The van der Waals surface area contributed by atoms with Crippen LogP contribution in [0.3, 0.4) is 0 Å². The fourth-order valence-electron chi connectivity index (χ4n) is 5.81. The minimum atomic E-state index is -4.39. The number of benzene rings is 3. The molecule has 0 aliphatic carbocycles. The predicted octanol–water partition coefficient (Wildman–Crippen LogP) is 7.26.